The van der Waals surface area contributed by atoms with Crippen LogP contribution in [-0.2, 0) is 6.54 Å². The number of nitrogens with zero attached hydrogens (tertiary/aromatic N) is 3. The number of hydrogen-bond acceptors (Lipinski definition) is 5. The topological polar surface area (TPSA) is 96.8 Å². The lowest BCUT2D eigenvalue weighted by Gasteiger charge is -2.30. The van der Waals surface area contributed by atoms with Gasteiger partial charge in [-0.1, -0.05) is 26.0 Å². The molecule has 0 bridgehead atoms. The number of rotatable bonds is 5. The first-order chi connectivity index (χ1) is 14.9. The molecule has 0 saturated carbocycles. The molecule has 0 spiro atoms. The largest absolute Gasteiger partial charge is 0.326 e. The molecule has 1 aliphatic carbocycles. The van der Waals surface area contributed by atoms with Crippen LogP contribution < -0.4 is 10.6 Å². The number of hydrogen-bond donors (Lipinski definition) is 3. The SMILES string of the molecule is CC1(C)CC=C(c2cc(CN3CCNCC3)ccc2NC(=O)c2ncc(C#N)[nH]2)CC1. The fraction of sp³-hybridized carbons (Fsp3) is 0.458. The highest BCUT2D eigenvalue weighted by molar-refractivity contribution is 6.03. The van der Waals surface area contributed by atoms with Gasteiger partial charge in [0.25, 0.3) is 5.91 Å². The third-order valence-electron chi connectivity index (χ3n) is 6.18. The summed E-state index contributed by atoms with van der Waals surface area (Å²) in [5.41, 5.74) is 5.00. The van der Waals surface area contributed by atoms with Crippen LogP contribution in [-0.4, -0.2) is 47.0 Å². The van der Waals surface area contributed by atoms with Crippen molar-refractivity contribution in [2.24, 2.45) is 5.41 Å². The number of benzene rings is 1. The van der Waals surface area contributed by atoms with Crippen molar-refractivity contribution in [2.45, 2.75) is 39.7 Å². The molecule has 2 aromatic rings. The zero-order chi connectivity index (χ0) is 21.8. The van der Waals surface area contributed by atoms with Gasteiger partial charge in [0, 0.05) is 44.0 Å². The van der Waals surface area contributed by atoms with E-state index in [1.807, 2.05) is 12.1 Å². The molecule has 1 aromatic carbocycles. The smallest absolute Gasteiger partial charge is 0.291 e. The molecule has 0 atom stereocenters. The van der Waals surface area contributed by atoms with Gasteiger partial charge in [0.2, 0.25) is 0 Å². The van der Waals surface area contributed by atoms with Gasteiger partial charge in [-0.15, -0.1) is 0 Å². The van der Waals surface area contributed by atoms with Gasteiger partial charge in [-0.25, -0.2) is 4.98 Å². The normalized spacial score (nSPS) is 18.8. The fourth-order valence-electron chi connectivity index (χ4n) is 4.19. The summed E-state index contributed by atoms with van der Waals surface area (Å²) in [6, 6.07) is 8.29. The van der Waals surface area contributed by atoms with Gasteiger partial charge >= 0.3 is 0 Å². The first-order valence-electron chi connectivity index (χ1n) is 11.0. The van der Waals surface area contributed by atoms with Crippen LogP contribution in [0.5, 0.6) is 0 Å². The summed E-state index contributed by atoms with van der Waals surface area (Å²) in [5.74, 6) is -0.194. The van der Waals surface area contributed by atoms with Gasteiger partial charge in [0.1, 0.15) is 11.8 Å². The number of nitrogens with one attached hydrogen (secondary N) is 3. The molecule has 1 saturated heterocycles. The first kappa shape index (κ1) is 21.3. The van der Waals surface area contributed by atoms with E-state index in [1.165, 1.54) is 17.3 Å². The maximum Gasteiger partial charge on any atom is 0.291 e. The lowest BCUT2D eigenvalue weighted by Crippen LogP contribution is -2.42. The van der Waals surface area contributed by atoms with Crippen molar-refractivity contribution in [3.8, 4) is 6.07 Å². The Bertz CT molecular complexity index is 1020. The monoisotopic (exact) mass is 418 g/mol. The molecule has 7 nitrogen and oxygen atoms in total. The Morgan fingerprint density at radius 1 is 1.32 bits per heavy atom. The van der Waals surface area contributed by atoms with E-state index in [-0.39, 0.29) is 17.4 Å². The zero-order valence-electron chi connectivity index (χ0n) is 18.3. The van der Waals surface area contributed by atoms with E-state index in [2.05, 4.69) is 57.6 Å². The van der Waals surface area contributed by atoms with Crippen molar-refractivity contribution in [3.05, 3.63) is 53.1 Å². The van der Waals surface area contributed by atoms with Crippen LogP contribution in [0.25, 0.3) is 5.57 Å². The number of carbonyl (C=O) groups excluding carboxylic acids is 1. The minimum Gasteiger partial charge on any atom is -0.326 e. The van der Waals surface area contributed by atoms with Crippen LogP contribution in [0, 0.1) is 16.7 Å². The summed E-state index contributed by atoms with van der Waals surface area (Å²) in [6.45, 7) is 9.64. The summed E-state index contributed by atoms with van der Waals surface area (Å²) < 4.78 is 0. The molecule has 162 valence electrons. The van der Waals surface area contributed by atoms with E-state index in [0.29, 0.717) is 5.41 Å². The molecule has 2 heterocycles. The van der Waals surface area contributed by atoms with Crippen molar-refractivity contribution in [2.75, 3.05) is 31.5 Å². The molecule has 1 aliphatic heterocycles. The number of carbonyl (C=O) groups is 1. The number of allylic oxidation sites excluding steroid dienone is 2. The van der Waals surface area contributed by atoms with Gasteiger partial charge in [-0.2, -0.15) is 5.26 Å². The summed E-state index contributed by atoms with van der Waals surface area (Å²) in [7, 11) is 0. The Kier molecular flexibility index (Phi) is 6.21. The first-order valence-corrected chi connectivity index (χ1v) is 11.0. The fourth-order valence-corrected chi connectivity index (χ4v) is 4.19. The number of aromatic nitrogens is 2. The van der Waals surface area contributed by atoms with Crippen molar-refractivity contribution in [3.63, 3.8) is 0 Å². The molecule has 31 heavy (non-hydrogen) atoms. The molecule has 7 heteroatoms. The van der Waals surface area contributed by atoms with Crippen molar-refractivity contribution in [1.29, 1.82) is 5.26 Å². The van der Waals surface area contributed by atoms with Gasteiger partial charge in [-0.3, -0.25) is 9.69 Å². The predicted octanol–water partition coefficient (Wildman–Crippen LogP) is 3.53. The zero-order valence-corrected chi connectivity index (χ0v) is 18.3. The molecule has 1 amide bonds. The number of aromatic amines is 1. The number of nitriles is 1. The second-order valence-electron chi connectivity index (χ2n) is 9.22. The van der Waals surface area contributed by atoms with Crippen LogP contribution in [0.2, 0.25) is 0 Å². The van der Waals surface area contributed by atoms with E-state index < -0.39 is 0 Å². The molecule has 3 N–H and O–H groups in total. The highest BCUT2D eigenvalue weighted by Crippen LogP contribution is 2.40. The maximum atomic E-state index is 12.7. The minimum absolute atomic E-state index is 0.145. The van der Waals surface area contributed by atoms with Crippen molar-refractivity contribution >= 4 is 17.2 Å². The molecule has 0 unspecified atom stereocenters. The second kappa shape index (κ2) is 9.04. The molecule has 1 fully saturated rings. The Balaban J connectivity index is 1.60. The Hall–Kier alpha value is -2.95. The summed E-state index contributed by atoms with van der Waals surface area (Å²) in [6.07, 6.45) is 6.84. The highest BCUT2D eigenvalue weighted by Gasteiger charge is 2.24. The van der Waals surface area contributed by atoms with Crippen LogP contribution in [0.3, 0.4) is 0 Å². The maximum absolute atomic E-state index is 12.7. The van der Waals surface area contributed by atoms with Crippen LogP contribution in [0.4, 0.5) is 5.69 Å². The average Bonchev–Trinajstić information content (AvgIpc) is 3.25. The highest BCUT2D eigenvalue weighted by atomic mass is 16.2. The van der Waals surface area contributed by atoms with Crippen LogP contribution >= 0.6 is 0 Å². The Morgan fingerprint density at radius 3 is 2.81 bits per heavy atom. The number of imidazole rings is 1. The van der Waals surface area contributed by atoms with E-state index in [1.54, 1.807) is 0 Å². The van der Waals surface area contributed by atoms with E-state index >= 15 is 0 Å². The Morgan fingerprint density at radius 2 is 2.13 bits per heavy atom. The second-order valence-corrected chi connectivity index (χ2v) is 9.22. The lowest BCUT2D eigenvalue weighted by atomic mass is 9.76. The standard InChI is InChI=1S/C24H30N6O/c1-24(2)7-5-18(6-8-24)20-13-17(16-30-11-9-26-10-12-30)3-4-21(20)29-23(31)22-27-15-19(14-25)28-22/h3-5,13,15,26H,6-12,16H2,1-2H3,(H,27,28)(H,29,31). The van der Waals surface area contributed by atoms with Crippen molar-refractivity contribution < 1.29 is 4.79 Å². The number of H-pyrrole nitrogens is 1. The lowest BCUT2D eigenvalue weighted by molar-refractivity contribution is 0.101. The molecular weight excluding hydrogens is 388 g/mol. The Labute approximate surface area is 183 Å². The van der Waals surface area contributed by atoms with E-state index in [9.17, 15) is 4.79 Å². The third kappa shape index (κ3) is 5.22. The summed E-state index contributed by atoms with van der Waals surface area (Å²) in [5, 5.41) is 15.4. The summed E-state index contributed by atoms with van der Waals surface area (Å²) in [4.78, 5) is 22.0. The van der Waals surface area contributed by atoms with Gasteiger partial charge in [0.05, 0.1) is 6.20 Å². The predicted molar refractivity (Wildman–Crippen MR) is 121 cm³/mol. The van der Waals surface area contributed by atoms with Gasteiger partial charge in [0.15, 0.2) is 5.82 Å². The van der Waals surface area contributed by atoms with Crippen LogP contribution in [0.1, 0.15) is 60.5 Å². The number of amides is 1. The third-order valence-corrected chi connectivity index (χ3v) is 6.18. The average molecular weight is 419 g/mol. The quantitative estimate of drug-likeness (QED) is 0.690. The minimum atomic E-state index is -0.339. The molecular formula is C24H30N6O. The van der Waals surface area contributed by atoms with Gasteiger partial charge in [-0.05, 0) is 47.9 Å². The molecule has 2 aliphatic rings. The number of anilines is 1. The molecule has 1 aromatic heterocycles. The van der Waals surface area contributed by atoms with Crippen LogP contribution in [0.15, 0.2) is 30.5 Å². The molecule has 0 radical (unpaired) electrons. The summed E-state index contributed by atoms with van der Waals surface area (Å²) >= 11 is 0. The van der Waals surface area contributed by atoms with E-state index in [0.717, 1.165) is 63.2 Å². The number of piperazine rings is 1. The van der Waals surface area contributed by atoms with Crippen molar-refractivity contribution in [1.82, 2.24) is 20.2 Å². The van der Waals surface area contributed by atoms with Gasteiger partial charge < -0.3 is 15.6 Å². The van der Waals surface area contributed by atoms with E-state index in [4.69, 9.17) is 5.26 Å². The molecule has 4 rings (SSSR count).